The number of aliphatic hydroxyl groups is 1. The SMILES string of the molecule is CCOc1ccc(CN2CCN(CC3(O)C4CC5CC(C4)CC3C5)CC2)cc1. The van der Waals surface area contributed by atoms with Crippen LogP contribution in [0.2, 0.25) is 0 Å². The zero-order valence-electron chi connectivity index (χ0n) is 17.4. The second-order valence-electron chi connectivity index (χ2n) is 9.92. The van der Waals surface area contributed by atoms with Gasteiger partial charge in [-0.2, -0.15) is 0 Å². The molecule has 6 rings (SSSR count). The average molecular weight is 385 g/mol. The molecule has 5 aliphatic rings. The first-order valence-electron chi connectivity index (χ1n) is 11.5. The van der Waals surface area contributed by atoms with E-state index < -0.39 is 5.60 Å². The Morgan fingerprint density at radius 1 is 0.893 bits per heavy atom. The maximum atomic E-state index is 11.6. The van der Waals surface area contributed by atoms with Crippen LogP contribution in [0, 0.1) is 23.7 Å². The summed E-state index contributed by atoms with van der Waals surface area (Å²) in [4.78, 5) is 5.10. The lowest BCUT2D eigenvalue weighted by atomic mass is 9.49. The van der Waals surface area contributed by atoms with E-state index in [1.807, 2.05) is 6.92 Å². The molecule has 1 aromatic rings. The van der Waals surface area contributed by atoms with Gasteiger partial charge in [0.1, 0.15) is 5.75 Å². The summed E-state index contributed by atoms with van der Waals surface area (Å²) >= 11 is 0. The third-order valence-corrected chi connectivity index (χ3v) is 8.13. The number of piperazine rings is 1. The molecule has 0 spiro atoms. The fourth-order valence-electron chi connectivity index (χ4n) is 6.84. The van der Waals surface area contributed by atoms with Crippen molar-refractivity contribution < 1.29 is 9.84 Å². The molecule has 4 saturated carbocycles. The number of rotatable bonds is 6. The number of hydrogen-bond acceptors (Lipinski definition) is 4. The van der Waals surface area contributed by atoms with Gasteiger partial charge in [-0.25, -0.2) is 0 Å². The molecule has 154 valence electrons. The van der Waals surface area contributed by atoms with E-state index in [0.717, 1.165) is 63.5 Å². The predicted molar refractivity (Wildman–Crippen MR) is 111 cm³/mol. The van der Waals surface area contributed by atoms with Crippen LogP contribution in [0.3, 0.4) is 0 Å². The summed E-state index contributed by atoms with van der Waals surface area (Å²) in [7, 11) is 0. The lowest BCUT2D eigenvalue weighted by molar-refractivity contribution is -0.184. The second kappa shape index (κ2) is 7.62. The number of nitrogens with zero attached hydrogens (tertiary/aromatic N) is 2. The van der Waals surface area contributed by atoms with E-state index in [4.69, 9.17) is 4.74 Å². The fraction of sp³-hybridized carbons (Fsp3) is 0.750. The van der Waals surface area contributed by atoms with Crippen molar-refractivity contribution in [3.05, 3.63) is 29.8 Å². The summed E-state index contributed by atoms with van der Waals surface area (Å²) < 4.78 is 5.54. The molecule has 4 nitrogen and oxygen atoms in total. The Balaban J connectivity index is 1.13. The number of hydrogen-bond donors (Lipinski definition) is 1. The Kier molecular flexibility index (Phi) is 5.14. The molecule has 0 amide bonds. The topological polar surface area (TPSA) is 35.9 Å². The van der Waals surface area contributed by atoms with Crippen molar-refractivity contribution in [2.45, 2.75) is 51.2 Å². The van der Waals surface area contributed by atoms with Crippen molar-refractivity contribution >= 4 is 0 Å². The predicted octanol–water partition coefficient (Wildman–Crippen LogP) is 3.39. The summed E-state index contributed by atoms with van der Waals surface area (Å²) in [5.41, 5.74) is 0.960. The third kappa shape index (κ3) is 3.59. The smallest absolute Gasteiger partial charge is 0.119 e. The molecule has 0 aromatic heterocycles. The van der Waals surface area contributed by atoms with Crippen LogP contribution in [0.15, 0.2) is 24.3 Å². The van der Waals surface area contributed by atoms with Crippen LogP contribution in [0.25, 0.3) is 0 Å². The zero-order valence-corrected chi connectivity index (χ0v) is 17.4. The minimum absolute atomic E-state index is 0.398. The van der Waals surface area contributed by atoms with E-state index in [1.165, 1.54) is 37.7 Å². The van der Waals surface area contributed by atoms with Gasteiger partial charge in [0.15, 0.2) is 0 Å². The molecule has 5 fully saturated rings. The highest BCUT2D eigenvalue weighted by molar-refractivity contribution is 5.27. The van der Waals surface area contributed by atoms with Gasteiger partial charge in [-0.3, -0.25) is 9.80 Å². The zero-order chi connectivity index (χ0) is 19.1. The van der Waals surface area contributed by atoms with Crippen LogP contribution >= 0.6 is 0 Å². The molecule has 0 unspecified atom stereocenters. The van der Waals surface area contributed by atoms with E-state index in [0.29, 0.717) is 11.8 Å². The average Bonchev–Trinajstić information content (AvgIpc) is 2.69. The lowest BCUT2D eigenvalue weighted by Crippen LogP contribution is -2.63. The molecule has 4 bridgehead atoms. The van der Waals surface area contributed by atoms with E-state index in [2.05, 4.69) is 34.1 Å². The van der Waals surface area contributed by atoms with Crippen LogP contribution in [-0.2, 0) is 6.54 Å². The van der Waals surface area contributed by atoms with Gasteiger partial charge in [-0.05, 0) is 80.4 Å². The molecule has 1 saturated heterocycles. The summed E-state index contributed by atoms with van der Waals surface area (Å²) in [6.45, 7) is 9.05. The fourth-order valence-corrected chi connectivity index (χ4v) is 6.84. The first-order chi connectivity index (χ1) is 13.6. The Hall–Kier alpha value is -1.10. The highest BCUT2D eigenvalue weighted by atomic mass is 16.5. The Labute approximate surface area is 169 Å². The van der Waals surface area contributed by atoms with Gasteiger partial charge in [-0.15, -0.1) is 0 Å². The van der Waals surface area contributed by atoms with E-state index in [-0.39, 0.29) is 0 Å². The molecular weight excluding hydrogens is 348 g/mol. The molecule has 1 aromatic carbocycles. The van der Waals surface area contributed by atoms with Crippen LogP contribution in [0.4, 0.5) is 0 Å². The third-order valence-electron chi connectivity index (χ3n) is 8.13. The molecule has 1 heterocycles. The van der Waals surface area contributed by atoms with Crippen LogP contribution in [-0.4, -0.2) is 59.8 Å². The maximum Gasteiger partial charge on any atom is 0.119 e. The lowest BCUT2D eigenvalue weighted by Gasteiger charge is -2.60. The van der Waals surface area contributed by atoms with Gasteiger partial charge in [0.05, 0.1) is 12.2 Å². The normalized spacial score (nSPS) is 38.1. The highest BCUT2D eigenvalue weighted by Gasteiger charge is 2.56. The number of benzene rings is 1. The van der Waals surface area contributed by atoms with Gasteiger partial charge in [-0.1, -0.05) is 12.1 Å². The summed E-state index contributed by atoms with van der Waals surface area (Å²) in [6.07, 6.45) is 6.62. The molecule has 28 heavy (non-hydrogen) atoms. The van der Waals surface area contributed by atoms with Gasteiger partial charge >= 0.3 is 0 Å². The maximum absolute atomic E-state index is 11.6. The molecule has 1 aliphatic heterocycles. The molecule has 0 radical (unpaired) electrons. The Bertz CT molecular complexity index is 638. The molecule has 4 aliphatic carbocycles. The Morgan fingerprint density at radius 3 is 2.04 bits per heavy atom. The summed E-state index contributed by atoms with van der Waals surface area (Å²) in [5.74, 6) is 3.96. The van der Waals surface area contributed by atoms with Crippen LogP contribution in [0.1, 0.15) is 44.6 Å². The number of β-amino-alcohol motifs (C(OH)–C–C–N with tert-alkyl or cyclic N) is 1. The minimum atomic E-state index is -0.398. The van der Waals surface area contributed by atoms with Gasteiger partial charge in [0.25, 0.3) is 0 Å². The Morgan fingerprint density at radius 2 is 1.46 bits per heavy atom. The molecule has 0 atom stereocenters. The molecular formula is C24H36N2O2. The summed E-state index contributed by atoms with van der Waals surface area (Å²) in [5, 5.41) is 11.6. The van der Waals surface area contributed by atoms with Crippen LogP contribution in [0.5, 0.6) is 5.75 Å². The van der Waals surface area contributed by atoms with Gasteiger partial charge < -0.3 is 9.84 Å². The van der Waals surface area contributed by atoms with Crippen molar-refractivity contribution in [2.24, 2.45) is 23.7 Å². The molecule has 4 heteroatoms. The monoisotopic (exact) mass is 384 g/mol. The first-order valence-corrected chi connectivity index (χ1v) is 11.5. The van der Waals surface area contributed by atoms with Crippen molar-refractivity contribution in [1.29, 1.82) is 0 Å². The van der Waals surface area contributed by atoms with Crippen molar-refractivity contribution in [3.8, 4) is 5.75 Å². The largest absolute Gasteiger partial charge is 0.494 e. The van der Waals surface area contributed by atoms with Gasteiger partial charge in [0.2, 0.25) is 0 Å². The minimum Gasteiger partial charge on any atom is -0.494 e. The highest BCUT2D eigenvalue weighted by Crippen LogP contribution is 2.58. The van der Waals surface area contributed by atoms with E-state index >= 15 is 0 Å². The summed E-state index contributed by atoms with van der Waals surface area (Å²) in [6, 6.07) is 8.54. The first kappa shape index (κ1) is 18.9. The van der Waals surface area contributed by atoms with Gasteiger partial charge in [0, 0.05) is 39.3 Å². The van der Waals surface area contributed by atoms with Crippen molar-refractivity contribution in [3.63, 3.8) is 0 Å². The second-order valence-corrected chi connectivity index (χ2v) is 9.92. The standard InChI is InChI=1S/C24H36N2O2/c1-2-28-23-5-3-18(4-6-23)16-25-7-9-26(10-8-25)17-24(27)21-12-19-11-20(14-21)15-22(24)13-19/h3-6,19-22,27H,2,7-17H2,1H3. The quantitative estimate of drug-likeness (QED) is 0.816. The van der Waals surface area contributed by atoms with E-state index in [1.54, 1.807) is 0 Å². The van der Waals surface area contributed by atoms with Crippen LogP contribution < -0.4 is 4.74 Å². The number of ether oxygens (including phenoxy) is 1. The van der Waals surface area contributed by atoms with Crippen molar-refractivity contribution in [1.82, 2.24) is 9.80 Å². The molecule has 1 N–H and O–H groups in total. The van der Waals surface area contributed by atoms with E-state index in [9.17, 15) is 5.11 Å². The van der Waals surface area contributed by atoms with Crippen molar-refractivity contribution in [2.75, 3.05) is 39.3 Å².